The van der Waals surface area contributed by atoms with Crippen LogP contribution in [0.25, 0.3) is 0 Å². The van der Waals surface area contributed by atoms with Crippen LogP contribution in [0.3, 0.4) is 0 Å². The van der Waals surface area contributed by atoms with Gasteiger partial charge in [0.05, 0.1) is 0 Å². The van der Waals surface area contributed by atoms with Gasteiger partial charge in [-0.15, -0.1) is 0 Å². The number of carbonyl (C=O) groups excluding carboxylic acids is 1. The van der Waals surface area contributed by atoms with Crippen LogP contribution < -0.4 is 0 Å². The van der Waals surface area contributed by atoms with Crippen molar-refractivity contribution in [1.29, 1.82) is 0 Å². The maximum atomic E-state index is 10.8. The number of thiol groups is 1. The van der Waals surface area contributed by atoms with E-state index in [0.29, 0.717) is 12.2 Å². The van der Waals surface area contributed by atoms with Crippen LogP contribution in [0.2, 0.25) is 0 Å². The van der Waals surface area contributed by atoms with E-state index >= 15 is 0 Å². The largest absolute Gasteiger partial charge is 0.461 e. The molecule has 0 fully saturated rings. The molecule has 0 aliphatic rings. The van der Waals surface area contributed by atoms with Crippen LogP contribution in [0.15, 0.2) is 12.2 Å². The minimum absolute atomic E-state index is 0.273. The summed E-state index contributed by atoms with van der Waals surface area (Å²) in [6, 6.07) is 0. The summed E-state index contributed by atoms with van der Waals surface area (Å²) >= 11 is 4.19. The summed E-state index contributed by atoms with van der Waals surface area (Å²) in [5.74, 6) is -0.355. The quantitative estimate of drug-likeness (QED) is 0.401. The van der Waals surface area contributed by atoms with Crippen LogP contribution in [0, 0.1) is 0 Å². The summed E-state index contributed by atoms with van der Waals surface area (Å²) in [6.45, 7) is 9.14. The molecular weight excluding hydrogens is 160 g/mol. The molecule has 0 aromatic carbocycles. The molecule has 64 valence electrons. The first-order valence-electron chi connectivity index (χ1n) is 3.38. The molecule has 0 unspecified atom stereocenters. The molecule has 3 heteroatoms. The maximum Gasteiger partial charge on any atom is 0.333 e. The minimum atomic E-state index is -0.355. The number of hydrogen-bond donors (Lipinski definition) is 1. The minimum Gasteiger partial charge on any atom is -0.461 e. The summed E-state index contributed by atoms with van der Waals surface area (Å²) in [5, 5.41) is 0. The number of carbonyl (C=O) groups is 1. The molecule has 0 saturated heterocycles. The van der Waals surface area contributed by atoms with Gasteiger partial charge in [0.1, 0.15) is 6.61 Å². The molecule has 0 radical (unpaired) electrons. The van der Waals surface area contributed by atoms with E-state index in [2.05, 4.69) is 19.2 Å². The van der Waals surface area contributed by atoms with E-state index in [1.54, 1.807) is 6.92 Å². The van der Waals surface area contributed by atoms with Crippen LogP contribution in [-0.4, -0.2) is 17.3 Å². The van der Waals surface area contributed by atoms with Crippen molar-refractivity contribution in [2.75, 3.05) is 6.61 Å². The predicted molar refractivity (Wildman–Crippen MR) is 48.8 cm³/mol. The highest BCUT2D eigenvalue weighted by Gasteiger charge is 2.14. The monoisotopic (exact) mass is 174 g/mol. The summed E-state index contributed by atoms with van der Waals surface area (Å²) in [5.41, 5.74) is 0.419. The zero-order valence-electron chi connectivity index (χ0n) is 7.18. The second-order valence-electron chi connectivity index (χ2n) is 3.17. The predicted octanol–water partition coefficient (Wildman–Crippen LogP) is 1.81. The van der Waals surface area contributed by atoms with E-state index in [1.165, 1.54) is 0 Å². The molecule has 0 aromatic rings. The average molecular weight is 174 g/mol. The lowest BCUT2D eigenvalue weighted by Gasteiger charge is -2.16. The average Bonchev–Trinajstić information content (AvgIpc) is 1.80. The fourth-order valence-corrected chi connectivity index (χ4v) is 0.430. The SMILES string of the molecule is C=C(C)C(=O)OCC(C)(C)S. The molecule has 0 aliphatic heterocycles. The van der Waals surface area contributed by atoms with Gasteiger partial charge in [-0.1, -0.05) is 6.58 Å². The Labute approximate surface area is 73.0 Å². The lowest BCUT2D eigenvalue weighted by atomic mass is 10.2. The van der Waals surface area contributed by atoms with Gasteiger partial charge < -0.3 is 4.74 Å². The van der Waals surface area contributed by atoms with Crippen LogP contribution in [-0.2, 0) is 9.53 Å². The lowest BCUT2D eigenvalue weighted by Crippen LogP contribution is -2.22. The number of ether oxygens (including phenoxy) is 1. The standard InChI is InChI=1S/C8H14O2S/c1-6(2)7(9)10-5-8(3,4)11/h11H,1,5H2,2-4H3. The van der Waals surface area contributed by atoms with Crippen molar-refractivity contribution in [1.82, 2.24) is 0 Å². The van der Waals surface area contributed by atoms with E-state index in [1.807, 2.05) is 13.8 Å². The van der Waals surface area contributed by atoms with Gasteiger partial charge in [-0.3, -0.25) is 0 Å². The molecule has 0 aromatic heterocycles. The van der Waals surface area contributed by atoms with E-state index in [-0.39, 0.29) is 10.7 Å². The van der Waals surface area contributed by atoms with Crippen LogP contribution in [0.4, 0.5) is 0 Å². The van der Waals surface area contributed by atoms with E-state index < -0.39 is 0 Å². The van der Waals surface area contributed by atoms with Gasteiger partial charge >= 0.3 is 5.97 Å². The Balaban J connectivity index is 3.73. The topological polar surface area (TPSA) is 26.3 Å². The molecule has 0 atom stereocenters. The number of rotatable bonds is 3. The Kier molecular flexibility index (Phi) is 3.66. The molecular formula is C8H14O2S. The van der Waals surface area contributed by atoms with Crippen molar-refractivity contribution in [3.63, 3.8) is 0 Å². The van der Waals surface area contributed by atoms with Crippen LogP contribution >= 0.6 is 12.6 Å². The molecule has 0 bridgehead atoms. The van der Waals surface area contributed by atoms with Crippen molar-refractivity contribution < 1.29 is 9.53 Å². The van der Waals surface area contributed by atoms with Crippen molar-refractivity contribution in [3.8, 4) is 0 Å². The highest BCUT2D eigenvalue weighted by molar-refractivity contribution is 7.81. The number of hydrogen-bond acceptors (Lipinski definition) is 3. The third-order valence-electron chi connectivity index (χ3n) is 0.905. The van der Waals surface area contributed by atoms with Crippen molar-refractivity contribution in [2.45, 2.75) is 25.5 Å². The fraction of sp³-hybridized carbons (Fsp3) is 0.625. The summed E-state index contributed by atoms with van der Waals surface area (Å²) in [7, 11) is 0. The molecule has 0 rings (SSSR count). The molecule has 0 saturated carbocycles. The number of esters is 1. The van der Waals surface area contributed by atoms with E-state index in [4.69, 9.17) is 4.74 Å². The zero-order chi connectivity index (χ0) is 9.07. The molecule has 0 aliphatic carbocycles. The molecule has 0 heterocycles. The van der Waals surface area contributed by atoms with Crippen LogP contribution in [0.1, 0.15) is 20.8 Å². The Morgan fingerprint density at radius 3 is 2.36 bits per heavy atom. The Morgan fingerprint density at radius 1 is 1.64 bits per heavy atom. The first-order chi connectivity index (χ1) is 4.83. The Bertz CT molecular complexity index is 167. The zero-order valence-corrected chi connectivity index (χ0v) is 8.07. The Hall–Kier alpha value is -0.440. The third-order valence-corrected chi connectivity index (χ3v) is 1.03. The van der Waals surface area contributed by atoms with Gasteiger partial charge in [-0.2, -0.15) is 12.6 Å². The fourth-order valence-electron chi connectivity index (χ4n) is 0.365. The lowest BCUT2D eigenvalue weighted by molar-refractivity contribution is -0.139. The van der Waals surface area contributed by atoms with Gasteiger partial charge in [-0.05, 0) is 20.8 Å². The molecule has 0 spiro atoms. The summed E-state index contributed by atoms with van der Waals surface area (Å²) in [6.07, 6.45) is 0. The van der Waals surface area contributed by atoms with Gasteiger partial charge in [0.25, 0.3) is 0 Å². The second-order valence-corrected chi connectivity index (χ2v) is 4.38. The van der Waals surface area contributed by atoms with Crippen LogP contribution in [0.5, 0.6) is 0 Å². The highest BCUT2D eigenvalue weighted by atomic mass is 32.1. The molecule has 2 nitrogen and oxygen atoms in total. The molecule has 11 heavy (non-hydrogen) atoms. The van der Waals surface area contributed by atoms with Gasteiger partial charge in [0, 0.05) is 10.3 Å². The second kappa shape index (κ2) is 3.81. The van der Waals surface area contributed by atoms with E-state index in [9.17, 15) is 4.79 Å². The van der Waals surface area contributed by atoms with Gasteiger partial charge in [0.2, 0.25) is 0 Å². The smallest absolute Gasteiger partial charge is 0.333 e. The van der Waals surface area contributed by atoms with Crippen molar-refractivity contribution in [3.05, 3.63) is 12.2 Å². The maximum absolute atomic E-state index is 10.8. The first kappa shape index (κ1) is 10.6. The summed E-state index contributed by atoms with van der Waals surface area (Å²) in [4.78, 5) is 10.8. The highest BCUT2D eigenvalue weighted by Crippen LogP contribution is 2.12. The first-order valence-corrected chi connectivity index (χ1v) is 3.82. The molecule has 0 amide bonds. The van der Waals surface area contributed by atoms with Gasteiger partial charge in [-0.25, -0.2) is 4.79 Å². The summed E-state index contributed by atoms with van der Waals surface area (Å²) < 4.78 is 4.58. The Morgan fingerprint density at radius 2 is 2.09 bits per heavy atom. The molecule has 0 N–H and O–H groups in total. The van der Waals surface area contributed by atoms with E-state index in [0.717, 1.165) is 0 Å². The van der Waals surface area contributed by atoms with Gasteiger partial charge in [0.15, 0.2) is 0 Å². The van der Waals surface area contributed by atoms with Crippen molar-refractivity contribution >= 4 is 18.6 Å². The van der Waals surface area contributed by atoms with Crippen molar-refractivity contribution in [2.24, 2.45) is 0 Å². The normalized spacial score (nSPS) is 10.9. The third kappa shape index (κ3) is 5.98.